The summed E-state index contributed by atoms with van der Waals surface area (Å²) >= 11 is 0. The van der Waals surface area contributed by atoms with E-state index in [1.165, 1.54) is 12.2 Å². The third-order valence-electron chi connectivity index (χ3n) is 11.6. The van der Waals surface area contributed by atoms with Crippen LogP contribution in [0.15, 0.2) is 66.9 Å². The fraction of sp³-hybridized carbons (Fsp3) is 0.540. The van der Waals surface area contributed by atoms with Crippen LogP contribution in [0.25, 0.3) is 11.3 Å². The number of aliphatic hydroxyl groups excluding tert-OH is 1. The van der Waals surface area contributed by atoms with Gasteiger partial charge in [-0.3, -0.25) is 34.6 Å². The summed E-state index contributed by atoms with van der Waals surface area (Å²) in [5.74, 6) is -6.93. The number of aliphatic hydroxyl groups is 1. The standard InChI is InChI=1S/C47H63F2N7O10.C3H6FNO2/c1-47(2,3)45(46-53-39(37-25-36(48)9-10-38(37)49)31-54(46)29-33-7-5-4-6-8-33)56(44(62)32-57)30-35-27-50-26-34(35)28-52-41(59)14-17-63-19-21-65-23-24-66-22-20-64-18-15-51-40(58)13-16-55-42(60)11-12-43(55)61;1-3(4,5)2(6)7/h4-12,25,31,34-35,45,50,57H,13-24,26-30,32H2,1-3H3,(H,51,58)(H,52,59);5H2,1H3,(H,6,7). The number of alkyl halides is 1. The summed E-state index contributed by atoms with van der Waals surface area (Å²) in [5.41, 5.74) is 4.95. The quantitative estimate of drug-likeness (QED) is 0.0331. The Morgan fingerprint density at radius 3 is 2.01 bits per heavy atom. The molecule has 5 rings (SSSR count). The predicted octanol–water partition coefficient (Wildman–Crippen LogP) is 2.34. The molecule has 1 aromatic heterocycles. The summed E-state index contributed by atoms with van der Waals surface area (Å²) in [4.78, 5) is 78.6. The Bertz CT molecular complexity index is 2290. The summed E-state index contributed by atoms with van der Waals surface area (Å²) < 4.78 is 65.1. The van der Waals surface area contributed by atoms with Crippen molar-refractivity contribution in [2.75, 3.05) is 98.7 Å². The largest absolute Gasteiger partial charge is 0.478 e. The fourth-order valence-electron chi connectivity index (χ4n) is 7.78. The van der Waals surface area contributed by atoms with Crippen molar-refractivity contribution >= 4 is 35.5 Å². The summed E-state index contributed by atoms with van der Waals surface area (Å²) in [6.45, 7) is 10.9. The lowest BCUT2D eigenvalue weighted by atomic mass is 9.83. The average molecular weight is 1030 g/mol. The molecule has 5 amide bonds. The number of carboxylic acid groups (broad SMARTS) is 1. The van der Waals surface area contributed by atoms with Crippen LogP contribution in [0.5, 0.6) is 0 Å². The second-order valence-electron chi connectivity index (χ2n) is 18.5. The lowest BCUT2D eigenvalue weighted by Crippen LogP contribution is -2.47. The molecule has 1 fully saturated rings. The Kier molecular flexibility index (Phi) is 24.1. The van der Waals surface area contributed by atoms with Gasteiger partial charge in [0.1, 0.15) is 24.1 Å². The molecule has 3 heterocycles. The van der Waals surface area contributed by atoms with Crippen LogP contribution in [0, 0.1) is 28.9 Å². The molecule has 73 heavy (non-hydrogen) atoms. The number of halogens is 3. The number of hydrogen-bond acceptors (Lipinski definition) is 14. The Morgan fingerprint density at radius 2 is 1.42 bits per heavy atom. The van der Waals surface area contributed by atoms with Crippen LogP contribution in [0.4, 0.5) is 13.2 Å². The van der Waals surface area contributed by atoms with Crippen LogP contribution in [-0.2, 0) is 54.3 Å². The maximum Gasteiger partial charge on any atom is 0.356 e. The first-order valence-electron chi connectivity index (χ1n) is 24.0. The molecule has 2 aliphatic heterocycles. The van der Waals surface area contributed by atoms with Crippen LogP contribution < -0.4 is 21.7 Å². The van der Waals surface area contributed by atoms with Crippen LogP contribution in [-0.4, -0.2) is 170 Å². The van der Waals surface area contributed by atoms with Gasteiger partial charge in [0.15, 0.2) is 0 Å². The van der Waals surface area contributed by atoms with E-state index in [4.69, 9.17) is 29.0 Å². The number of ether oxygens (including phenoxy) is 4. The predicted molar refractivity (Wildman–Crippen MR) is 260 cm³/mol. The zero-order valence-electron chi connectivity index (χ0n) is 41.8. The minimum absolute atomic E-state index is 0.00310. The van der Waals surface area contributed by atoms with Crippen molar-refractivity contribution in [3.63, 3.8) is 0 Å². The van der Waals surface area contributed by atoms with E-state index < -0.39 is 59.2 Å². The lowest BCUT2D eigenvalue weighted by Gasteiger charge is -2.41. The number of nitrogens with two attached hydrogens (primary N) is 1. The molecule has 20 nitrogen and oxygen atoms in total. The van der Waals surface area contributed by atoms with E-state index in [9.17, 15) is 42.7 Å². The highest BCUT2D eigenvalue weighted by Gasteiger charge is 2.41. The first kappa shape index (κ1) is 59.5. The van der Waals surface area contributed by atoms with E-state index in [0.29, 0.717) is 71.6 Å². The second kappa shape index (κ2) is 29.6. The average Bonchev–Trinajstić information content (AvgIpc) is 4.06. The molecule has 0 radical (unpaired) electrons. The van der Waals surface area contributed by atoms with E-state index in [1.54, 1.807) is 11.1 Å². The number of aliphatic carboxylic acids is 1. The molecule has 7 N–H and O–H groups in total. The Morgan fingerprint density at radius 1 is 0.849 bits per heavy atom. The van der Waals surface area contributed by atoms with Crippen molar-refractivity contribution in [1.82, 2.24) is 35.3 Å². The minimum atomic E-state index is -2.58. The number of hydrogen-bond donors (Lipinski definition) is 6. The third-order valence-corrected chi connectivity index (χ3v) is 11.6. The molecule has 0 bridgehead atoms. The zero-order valence-corrected chi connectivity index (χ0v) is 41.8. The number of aromatic nitrogens is 2. The molecule has 0 spiro atoms. The van der Waals surface area contributed by atoms with Gasteiger partial charge in [-0.15, -0.1) is 0 Å². The Labute approximate surface area is 422 Å². The van der Waals surface area contributed by atoms with Gasteiger partial charge >= 0.3 is 5.97 Å². The van der Waals surface area contributed by atoms with E-state index in [0.717, 1.165) is 35.6 Å². The maximum atomic E-state index is 15.1. The number of carbonyl (C=O) groups is 6. The molecule has 0 saturated carbocycles. The Hall–Kier alpha value is -6.08. The van der Waals surface area contributed by atoms with Crippen LogP contribution >= 0.6 is 0 Å². The monoisotopic (exact) mass is 1030 g/mol. The fourth-order valence-corrected chi connectivity index (χ4v) is 7.78. The van der Waals surface area contributed by atoms with E-state index in [1.807, 2.05) is 55.7 Å². The number of rotatable bonds is 29. The van der Waals surface area contributed by atoms with Crippen LogP contribution in [0.3, 0.4) is 0 Å². The topological polar surface area (TPSA) is 266 Å². The number of imide groups is 1. The number of benzene rings is 2. The number of nitrogens with one attached hydrogen (secondary N) is 3. The molecular weight excluding hydrogens is 962 g/mol. The van der Waals surface area contributed by atoms with Gasteiger partial charge in [-0.1, -0.05) is 51.1 Å². The van der Waals surface area contributed by atoms with Crippen molar-refractivity contribution in [3.8, 4) is 11.3 Å². The van der Waals surface area contributed by atoms with Gasteiger partial charge in [-0.05, 0) is 47.9 Å². The van der Waals surface area contributed by atoms with Crippen LogP contribution in [0.1, 0.15) is 58.0 Å². The molecule has 23 heteroatoms. The summed E-state index contributed by atoms with van der Waals surface area (Å²) in [5, 5.41) is 27.1. The van der Waals surface area contributed by atoms with Gasteiger partial charge < -0.3 is 54.6 Å². The second-order valence-corrected chi connectivity index (χ2v) is 18.5. The van der Waals surface area contributed by atoms with E-state index >= 15 is 4.39 Å². The maximum absolute atomic E-state index is 15.1. The highest BCUT2D eigenvalue weighted by molar-refractivity contribution is 6.13. The summed E-state index contributed by atoms with van der Waals surface area (Å²) in [6, 6.07) is 12.1. The number of carboxylic acids is 1. The van der Waals surface area contributed by atoms with E-state index in [2.05, 4.69) is 21.7 Å². The minimum Gasteiger partial charge on any atom is -0.478 e. The van der Waals surface area contributed by atoms with Gasteiger partial charge in [0, 0.05) is 82.6 Å². The highest BCUT2D eigenvalue weighted by atomic mass is 19.1. The van der Waals surface area contributed by atoms with Crippen molar-refractivity contribution in [3.05, 3.63) is 89.9 Å². The van der Waals surface area contributed by atoms with Crippen molar-refractivity contribution < 1.29 is 71.1 Å². The molecule has 402 valence electrons. The highest BCUT2D eigenvalue weighted by Crippen LogP contribution is 2.40. The number of amides is 5. The summed E-state index contributed by atoms with van der Waals surface area (Å²) in [6.07, 6.45) is 4.20. The summed E-state index contributed by atoms with van der Waals surface area (Å²) in [7, 11) is 0. The van der Waals surface area contributed by atoms with Gasteiger partial charge in [0.05, 0.1) is 64.6 Å². The molecule has 4 atom stereocenters. The lowest BCUT2D eigenvalue weighted by molar-refractivity contribution is -0.149. The van der Waals surface area contributed by atoms with Gasteiger partial charge in [-0.25, -0.2) is 22.9 Å². The Balaban J connectivity index is 0.00000153. The normalized spacial score (nSPS) is 16.7. The zero-order chi connectivity index (χ0) is 53.6. The van der Waals surface area contributed by atoms with Gasteiger partial charge in [0.2, 0.25) is 17.7 Å². The number of imidazole rings is 1. The van der Waals surface area contributed by atoms with Crippen molar-refractivity contribution in [2.45, 2.75) is 58.9 Å². The first-order valence-corrected chi connectivity index (χ1v) is 24.0. The van der Waals surface area contributed by atoms with E-state index in [-0.39, 0.29) is 80.6 Å². The van der Waals surface area contributed by atoms with Crippen LogP contribution in [0.2, 0.25) is 0 Å². The molecule has 1 saturated heterocycles. The SMILES string of the molecule is CC(C)(C)C(c1nc(-c2cc(F)ccc2F)cn1Cc1ccccc1)N(CC1CNCC1CNC(=O)CCOCCOCCOCCOCCNC(=O)CCN1C(=O)C=CC1=O)C(=O)CO.CC(N)(F)C(=O)O. The smallest absolute Gasteiger partial charge is 0.356 e. The first-order chi connectivity index (χ1) is 34.7. The van der Waals surface area contributed by atoms with Crippen molar-refractivity contribution in [1.29, 1.82) is 0 Å². The molecule has 4 unspecified atom stereocenters. The van der Waals surface area contributed by atoms with Gasteiger partial charge in [-0.2, -0.15) is 0 Å². The molecule has 0 aliphatic carbocycles. The molecular formula is C50H69F3N8O12. The molecule has 3 aromatic rings. The molecule has 2 aromatic carbocycles. The molecule has 2 aliphatic rings. The van der Waals surface area contributed by atoms with Crippen molar-refractivity contribution in [2.24, 2.45) is 23.0 Å². The number of nitrogens with zero attached hydrogens (tertiary/aromatic N) is 4. The third kappa shape index (κ3) is 20.0. The van der Waals surface area contributed by atoms with Gasteiger partial charge in [0.25, 0.3) is 17.6 Å². The number of carbonyl (C=O) groups excluding carboxylic acids is 5.